The number of unbranched alkanes of at least 4 members (excludes halogenated alkanes) is 1. The van der Waals surface area contributed by atoms with Crippen LogP contribution in [0, 0.1) is 5.92 Å². The highest BCUT2D eigenvalue weighted by molar-refractivity contribution is 5.83. The first-order valence-electron chi connectivity index (χ1n) is 6.83. The SMILES string of the molecule is CCCCC1NCN(CCCC2CC2)C1=O. The molecule has 1 saturated heterocycles. The van der Waals surface area contributed by atoms with Gasteiger partial charge in [0.2, 0.25) is 5.91 Å². The third-order valence-electron chi connectivity index (χ3n) is 3.72. The van der Waals surface area contributed by atoms with Gasteiger partial charge in [0.25, 0.3) is 0 Å². The summed E-state index contributed by atoms with van der Waals surface area (Å²) in [6.07, 6.45) is 8.69. The molecule has 0 bridgehead atoms. The van der Waals surface area contributed by atoms with Crippen LogP contribution in [-0.2, 0) is 4.79 Å². The van der Waals surface area contributed by atoms with Gasteiger partial charge in [-0.05, 0) is 25.2 Å². The predicted molar refractivity (Wildman–Crippen MR) is 65.0 cm³/mol. The smallest absolute Gasteiger partial charge is 0.240 e. The van der Waals surface area contributed by atoms with Crippen molar-refractivity contribution in [3.8, 4) is 0 Å². The monoisotopic (exact) mass is 224 g/mol. The molecule has 1 amide bonds. The van der Waals surface area contributed by atoms with Crippen LogP contribution in [0.1, 0.15) is 51.9 Å². The molecule has 0 radical (unpaired) electrons. The lowest BCUT2D eigenvalue weighted by atomic mass is 10.1. The second kappa shape index (κ2) is 5.67. The lowest BCUT2D eigenvalue weighted by Gasteiger charge is -2.15. The van der Waals surface area contributed by atoms with Crippen molar-refractivity contribution in [3.63, 3.8) is 0 Å². The molecule has 0 aromatic carbocycles. The zero-order chi connectivity index (χ0) is 11.4. The van der Waals surface area contributed by atoms with Crippen molar-refractivity contribution in [2.24, 2.45) is 5.92 Å². The summed E-state index contributed by atoms with van der Waals surface area (Å²) in [5, 5.41) is 3.32. The van der Waals surface area contributed by atoms with E-state index in [2.05, 4.69) is 12.2 Å². The molecule has 2 fully saturated rings. The van der Waals surface area contributed by atoms with Crippen molar-refractivity contribution in [2.45, 2.75) is 57.9 Å². The third-order valence-corrected chi connectivity index (χ3v) is 3.72. The molecule has 1 aliphatic carbocycles. The van der Waals surface area contributed by atoms with Gasteiger partial charge in [-0.2, -0.15) is 0 Å². The molecular formula is C13H24N2O. The van der Waals surface area contributed by atoms with Gasteiger partial charge in [-0.15, -0.1) is 0 Å². The molecule has 1 saturated carbocycles. The number of carbonyl (C=O) groups is 1. The van der Waals surface area contributed by atoms with Crippen LogP contribution in [0.2, 0.25) is 0 Å². The predicted octanol–water partition coefficient (Wildman–Crippen LogP) is 2.12. The van der Waals surface area contributed by atoms with Gasteiger partial charge < -0.3 is 4.90 Å². The first-order chi connectivity index (χ1) is 7.81. The van der Waals surface area contributed by atoms with Gasteiger partial charge in [0, 0.05) is 6.54 Å². The Morgan fingerprint density at radius 3 is 2.81 bits per heavy atom. The van der Waals surface area contributed by atoms with Gasteiger partial charge in [-0.25, -0.2) is 0 Å². The summed E-state index contributed by atoms with van der Waals surface area (Å²) >= 11 is 0. The Hall–Kier alpha value is -0.570. The van der Waals surface area contributed by atoms with E-state index >= 15 is 0 Å². The summed E-state index contributed by atoms with van der Waals surface area (Å²) in [5.41, 5.74) is 0. The van der Waals surface area contributed by atoms with E-state index in [1.54, 1.807) is 0 Å². The fourth-order valence-electron chi connectivity index (χ4n) is 2.41. The van der Waals surface area contributed by atoms with Crippen LogP contribution in [0.25, 0.3) is 0 Å². The van der Waals surface area contributed by atoms with Gasteiger partial charge in [0.05, 0.1) is 12.7 Å². The van der Waals surface area contributed by atoms with Crippen LogP contribution >= 0.6 is 0 Å². The molecule has 1 N–H and O–H groups in total. The number of hydrogen-bond donors (Lipinski definition) is 1. The molecule has 16 heavy (non-hydrogen) atoms. The summed E-state index contributed by atoms with van der Waals surface area (Å²) in [6.45, 7) is 3.91. The third kappa shape index (κ3) is 3.21. The Morgan fingerprint density at radius 2 is 2.12 bits per heavy atom. The van der Waals surface area contributed by atoms with Crippen molar-refractivity contribution in [1.82, 2.24) is 10.2 Å². The number of carbonyl (C=O) groups excluding carboxylic acids is 1. The molecule has 0 spiro atoms. The molecule has 2 aliphatic rings. The zero-order valence-corrected chi connectivity index (χ0v) is 10.4. The van der Waals surface area contributed by atoms with Gasteiger partial charge in [0.1, 0.15) is 0 Å². The minimum Gasteiger partial charge on any atom is -0.329 e. The highest BCUT2D eigenvalue weighted by atomic mass is 16.2. The van der Waals surface area contributed by atoms with Crippen LogP contribution < -0.4 is 5.32 Å². The highest BCUT2D eigenvalue weighted by Gasteiger charge is 2.30. The largest absolute Gasteiger partial charge is 0.329 e. The molecule has 1 atom stereocenters. The van der Waals surface area contributed by atoms with E-state index in [0.29, 0.717) is 5.91 Å². The molecule has 0 aromatic heterocycles. The van der Waals surface area contributed by atoms with Crippen LogP contribution in [0.5, 0.6) is 0 Å². The van der Waals surface area contributed by atoms with Crippen LogP contribution in [0.15, 0.2) is 0 Å². The lowest BCUT2D eigenvalue weighted by molar-refractivity contribution is -0.129. The van der Waals surface area contributed by atoms with Crippen molar-refractivity contribution in [1.29, 1.82) is 0 Å². The summed E-state index contributed by atoms with van der Waals surface area (Å²) < 4.78 is 0. The Labute approximate surface area is 98.6 Å². The number of hydrogen-bond acceptors (Lipinski definition) is 2. The van der Waals surface area contributed by atoms with Crippen LogP contribution in [-0.4, -0.2) is 30.1 Å². The van der Waals surface area contributed by atoms with Crippen molar-refractivity contribution >= 4 is 5.91 Å². The van der Waals surface area contributed by atoms with Crippen molar-refractivity contribution in [3.05, 3.63) is 0 Å². The van der Waals surface area contributed by atoms with E-state index in [0.717, 1.165) is 32.0 Å². The van der Waals surface area contributed by atoms with E-state index < -0.39 is 0 Å². The van der Waals surface area contributed by atoms with Crippen molar-refractivity contribution in [2.75, 3.05) is 13.2 Å². The molecular weight excluding hydrogens is 200 g/mol. The zero-order valence-electron chi connectivity index (χ0n) is 10.4. The maximum absolute atomic E-state index is 12.0. The van der Waals surface area contributed by atoms with Crippen LogP contribution in [0.4, 0.5) is 0 Å². The van der Waals surface area contributed by atoms with Gasteiger partial charge >= 0.3 is 0 Å². The van der Waals surface area contributed by atoms with E-state index in [-0.39, 0.29) is 6.04 Å². The molecule has 0 aromatic rings. The molecule has 2 rings (SSSR count). The molecule has 1 unspecified atom stereocenters. The quantitative estimate of drug-likeness (QED) is 0.718. The van der Waals surface area contributed by atoms with Gasteiger partial charge in [-0.3, -0.25) is 10.1 Å². The maximum Gasteiger partial charge on any atom is 0.240 e. The normalized spacial score (nSPS) is 25.4. The fourth-order valence-corrected chi connectivity index (χ4v) is 2.41. The van der Waals surface area contributed by atoms with E-state index in [1.165, 1.54) is 32.1 Å². The van der Waals surface area contributed by atoms with Crippen molar-refractivity contribution < 1.29 is 4.79 Å². The van der Waals surface area contributed by atoms with E-state index in [1.807, 2.05) is 4.90 Å². The Balaban J connectivity index is 1.64. The first kappa shape index (κ1) is 11.9. The van der Waals surface area contributed by atoms with Crippen LogP contribution in [0.3, 0.4) is 0 Å². The second-order valence-electron chi connectivity index (χ2n) is 5.24. The molecule has 1 heterocycles. The summed E-state index contributed by atoms with van der Waals surface area (Å²) in [4.78, 5) is 14.0. The first-order valence-corrected chi connectivity index (χ1v) is 6.83. The van der Waals surface area contributed by atoms with Gasteiger partial charge in [0.15, 0.2) is 0 Å². The Kier molecular flexibility index (Phi) is 4.22. The second-order valence-corrected chi connectivity index (χ2v) is 5.24. The standard InChI is InChI=1S/C13H24N2O/c1-2-3-6-12-13(16)15(10-14-12)9-4-5-11-7-8-11/h11-12,14H,2-10H2,1H3. The maximum atomic E-state index is 12.0. The fraction of sp³-hybridized carbons (Fsp3) is 0.923. The number of amides is 1. The molecule has 1 aliphatic heterocycles. The number of nitrogens with one attached hydrogen (secondary N) is 1. The summed E-state index contributed by atoms with van der Waals surface area (Å²) in [6, 6.07) is 0.112. The minimum absolute atomic E-state index is 0.112. The average molecular weight is 224 g/mol. The van der Waals surface area contributed by atoms with Gasteiger partial charge in [-0.1, -0.05) is 32.6 Å². The summed E-state index contributed by atoms with van der Waals surface area (Å²) in [5.74, 6) is 1.32. The van der Waals surface area contributed by atoms with E-state index in [9.17, 15) is 4.79 Å². The molecule has 3 nitrogen and oxygen atoms in total. The Morgan fingerprint density at radius 1 is 1.31 bits per heavy atom. The number of rotatable bonds is 7. The lowest BCUT2D eigenvalue weighted by Crippen LogP contribution is -2.31. The highest BCUT2D eigenvalue weighted by Crippen LogP contribution is 2.33. The summed E-state index contributed by atoms with van der Waals surface area (Å²) in [7, 11) is 0. The Bertz CT molecular complexity index is 238. The number of nitrogens with zero attached hydrogens (tertiary/aromatic N) is 1. The minimum atomic E-state index is 0.112. The van der Waals surface area contributed by atoms with E-state index in [4.69, 9.17) is 0 Å². The average Bonchev–Trinajstić information content (AvgIpc) is 3.04. The molecule has 3 heteroatoms. The molecule has 92 valence electrons. The topological polar surface area (TPSA) is 32.3 Å².